The minimum Gasteiger partial charge on any atom is -0.346 e. The molecule has 1 saturated heterocycles. The average molecular weight is 480 g/mol. The lowest BCUT2D eigenvalue weighted by molar-refractivity contribution is -0.125. The molecule has 0 aliphatic carbocycles. The maximum Gasteiger partial charge on any atom is 0.243 e. The Labute approximate surface area is 203 Å². The van der Waals surface area contributed by atoms with Crippen molar-refractivity contribution in [3.8, 4) is 11.4 Å². The zero-order chi connectivity index (χ0) is 24.9. The summed E-state index contributed by atoms with van der Waals surface area (Å²) in [6.45, 7) is 7.39. The maximum atomic E-state index is 13.2. The molecular weight excluding hydrogens is 449 g/mol. The van der Waals surface area contributed by atoms with Crippen molar-refractivity contribution in [2.45, 2.75) is 39.5 Å². The molecule has 1 aromatic heterocycles. The lowest BCUT2D eigenvalue weighted by atomic mass is 9.98. The Balaban J connectivity index is 1.27. The van der Waals surface area contributed by atoms with Gasteiger partial charge in [-0.05, 0) is 75.5 Å². The molecule has 9 heteroatoms. The van der Waals surface area contributed by atoms with E-state index in [1.807, 2.05) is 37.8 Å². The summed E-state index contributed by atoms with van der Waals surface area (Å²) in [6, 6.07) is 9.96. The van der Waals surface area contributed by atoms with Crippen LogP contribution in [-0.2, 0) is 9.59 Å². The number of anilines is 1. The van der Waals surface area contributed by atoms with E-state index in [4.69, 9.17) is 4.52 Å². The molecule has 8 nitrogen and oxygen atoms in total. The van der Waals surface area contributed by atoms with Crippen LogP contribution in [0.2, 0.25) is 0 Å². The lowest BCUT2D eigenvalue weighted by Crippen LogP contribution is -2.43. The Bertz CT molecular complexity index is 1180. The molecule has 184 valence electrons. The molecule has 0 saturated carbocycles. The molecule has 4 rings (SSSR count). The molecule has 3 aromatic rings. The van der Waals surface area contributed by atoms with Gasteiger partial charge in [0.25, 0.3) is 0 Å². The van der Waals surface area contributed by atoms with E-state index >= 15 is 0 Å². The Kier molecular flexibility index (Phi) is 7.55. The summed E-state index contributed by atoms with van der Waals surface area (Å²) in [6.07, 6.45) is 1.76. The number of amides is 2. The van der Waals surface area contributed by atoms with Crippen molar-refractivity contribution >= 4 is 17.5 Å². The van der Waals surface area contributed by atoms with Crippen molar-refractivity contribution in [2.75, 3.05) is 31.5 Å². The number of carbonyl (C=O) groups is 2. The standard InChI is InChI=1S/C26H30FN5O3/c1-16-11-17(2)24(18(3)12-16)29-22(33)13-28-23(34)15-32-10-4-5-20(14-32)26-30-25(31-35-26)19-6-8-21(27)9-7-19/h6-9,11-12,20H,4-5,10,13-15H2,1-3H3,(H,28,34)(H,29,33)/t20-/m1/s1. The second kappa shape index (κ2) is 10.8. The van der Waals surface area contributed by atoms with E-state index in [0.717, 1.165) is 41.8 Å². The van der Waals surface area contributed by atoms with Crippen LogP contribution in [0.25, 0.3) is 11.4 Å². The van der Waals surface area contributed by atoms with Crippen LogP contribution in [-0.4, -0.2) is 53.0 Å². The number of aryl methyl sites for hydroxylation is 3. The van der Waals surface area contributed by atoms with E-state index in [0.29, 0.717) is 23.8 Å². The second-order valence-corrected chi connectivity index (χ2v) is 9.14. The second-order valence-electron chi connectivity index (χ2n) is 9.14. The number of nitrogens with one attached hydrogen (secondary N) is 2. The number of benzene rings is 2. The molecule has 35 heavy (non-hydrogen) atoms. The highest BCUT2D eigenvalue weighted by atomic mass is 19.1. The van der Waals surface area contributed by atoms with Crippen LogP contribution in [0, 0.1) is 26.6 Å². The van der Waals surface area contributed by atoms with Crippen LogP contribution < -0.4 is 10.6 Å². The first-order valence-electron chi connectivity index (χ1n) is 11.7. The van der Waals surface area contributed by atoms with Crippen molar-refractivity contribution in [1.29, 1.82) is 0 Å². The van der Waals surface area contributed by atoms with Crippen LogP contribution in [0.1, 0.15) is 41.3 Å². The number of hydrogen-bond acceptors (Lipinski definition) is 6. The summed E-state index contributed by atoms with van der Waals surface area (Å²) in [7, 11) is 0. The van der Waals surface area contributed by atoms with Gasteiger partial charge in [0.05, 0.1) is 19.0 Å². The SMILES string of the molecule is Cc1cc(C)c(NC(=O)CNC(=O)CN2CCC[C@@H](c3nc(-c4ccc(F)cc4)no3)C2)c(C)c1. The fourth-order valence-corrected chi connectivity index (χ4v) is 4.52. The monoisotopic (exact) mass is 479 g/mol. The minimum atomic E-state index is -0.323. The van der Waals surface area contributed by atoms with Gasteiger partial charge in [-0.15, -0.1) is 0 Å². The Morgan fingerprint density at radius 1 is 1.11 bits per heavy atom. The fourth-order valence-electron chi connectivity index (χ4n) is 4.52. The highest BCUT2D eigenvalue weighted by molar-refractivity contribution is 5.96. The fraction of sp³-hybridized carbons (Fsp3) is 0.385. The maximum absolute atomic E-state index is 13.2. The normalized spacial score (nSPS) is 16.2. The zero-order valence-electron chi connectivity index (χ0n) is 20.2. The van der Waals surface area contributed by atoms with Crippen molar-refractivity contribution in [3.05, 3.63) is 64.8 Å². The van der Waals surface area contributed by atoms with Gasteiger partial charge in [-0.3, -0.25) is 14.5 Å². The molecular formula is C26H30FN5O3. The zero-order valence-corrected chi connectivity index (χ0v) is 20.2. The number of carbonyl (C=O) groups excluding carboxylic acids is 2. The average Bonchev–Trinajstić information content (AvgIpc) is 3.31. The van der Waals surface area contributed by atoms with Crippen molar-refractivity contribution in [3.63, 3.8) is 0 Å². The van der Waals surface area contributed by atoms with Gasteiger partial charge in [-0.2, -0.15) is 4.98 Å². The molecule has 1 aliphatic rings. The van der Waals surface area contributed by atoms with E-state index in [1.165, 1.54) is 12.1 Å². The molecule has 2 amide bonds. The van der Waals surface area contributed by atoms with Crippen molar-refractivity contribution in [2.24, 2.45) is 0 Å². The predicted octanol–water partition coefficient (Wildman–Crippen LogP) is 3.74. The van der Waals surface area contributed by atoms with E-state index in [1.54, 1.807) is 12.1 Å². The van der Waals surface area contributed by atoms with E-state index in [9.17, 15) is 14.0 Å². The van der Waals surface area contributed by atoms with Gasteiger partial charge in [0.2, 0.25) is 23.5 Å². The Hall–Kier alpha value is -3.59. The molecule has 0 radical (unpaired) electrons. The summed E-state index contributed by atoms with van der Waals surface area (Å²) in [5.74, 6) is 0.142. The molecule has 1 fully saturated rings. The molecule has 0 bridgehead atoms. The minimum absolute atomic E-state index is 0.00837. The van der Waals surface area contributed by atoms with Gasteiger partial charge in [0, 0.05) is 17.8 Å². The molecule has 2 N–H and O–H groups in total. The molecule has 2 heterocycles. The number of nitrogens with zero attached hydrogens (tertiary/aromatic N) is 3. The largest absolute Gasteiger partial charge is 0.346 e. The Morgan fingerprint density at radius 2 is 1.83 bits per heavy atom. The van der Waals surface area contributed by atoms with Gasteiger partial charge in [-0.1, -0.05) is 22.9 Å². The van der Waals surface area contributed by atoms with Gasteiger partial charge in [0.1, 0.15) is 5.82 Å². The van der Waals surface area contributed by atoms with Gasteiger partial charge < -0.3 is 15.2 Å². The number of rotatable bonds is 7. The topological polar surface area (TPSA) is 100 Å². The third-order valence-electron chi connectivity index (χ3n) is 6.15. The molecule has 1 atom stereocenters. The van der Waals surface area contributed by atoms with E-state index in [-0.39, 0.29) is 36.6 Å². The van der Waals surface area contributed by atoms with Crippen LogP contribution >= 0.6 is 0 Å². The molecule has 0 unspecified atom stereocenters. The third-order valence-corrected chi connectivity index (χ3v) is 6.15. The molecule has 0 spiro atoms. The highest BCUT2D eigenvalue weighted by Gasteiger charge is 2.27. The Morgan fingerprint density at radius 3 is 2.54 bits per heavy atom. The first-order chi connectivity index (χ1) is 16.8. The first kappa shape index (κ1) is 24.5. The number of likely N-dealkylation sites (tertiary alicyclic amines) is 1. The van der Waals surface area contributed by atoms with Crippen molar-refractivity contribution in [1.82, 2.24) is 20.4 Å². The summed E-state index contributed by atoms with van der Waals surface area (Å²) >= 11 is 0. The summed E-state index contributed by atoms with van der Waals surface area (Å²) in [4.78, 5) is 31.4. The predicted molar refractivity (Wildman–Crippen MR) is 130 cm³/mol. The van der Waals surface area contributed by atoms with Crippen LogP contribution in [0.15, 0.2) is 40.9 Å². The lowest BCUT2D eigenvalue weighted by Gasteiger charge is -2.30. The van der Waals surface area contributed by atoms with Crippen LogP contribution in [0.3, 0.4) is 0 Å². The quantitative estimate of drug-likeness (QED) is 0.536. The first-order valence-corrected chi connectivity index (χ1v) is 11.7. The van der Waals surface area contributed by atoms with Crippen LogP contribution in [0.4, 0.5) is 10.1 Å². The third kappa shape index (κ3) is 6.30. The van der Waals surface area contributed by atoms with E-state index < -0.39 is 0 Å². The number of piperidine rings is 1. The van der Waals surface area contributed by atoms with Gasteiger partial charge in [0.15, 0.2) is 0 Å². The van der Waals surface area contributed by atoms with Gasteiger partial charge >= 0.3 is 0 Å². The van der Waals surface area contributed by atoms with Crippen molar-refractivity contribution < 1.29 is 18.5 Å². The molecule has 1 aliphatic heterocycles. The smallest absolute Gasteiger partial charge is 0.243 e. The summed E-state index contributed by atoms with van der Waals surface area (Å²) in [5, 5.41) is 9.63. The van der Waals surface area contributed by atoms with Gasteiger partial charge in [-0.25, -0.2) is 4.39 Å². The summed E-state index contributed by atoms with van der Waals surface area (Å²) < 4.78 is 18.6. The number of hydrogen-bond donors (Lipinski definition) is 2. The summed E-state index contributed by atoms with van der Waals surface area (Å²) in [5.41, 5.74) is 4.59. The molecule has 2 aromatic carbocycles. The number of aromatic nitrogens is 2. The number of halogens is 1. The highest BCUT2D eigenvalue weighted by Crippen LogP contribution is 2.27. The van der Waals surface area contributed by atoms with E-state index in [2.05, 4.69) is 20.8 Å². The van der Waals surface area contributed by atoms with Crippen LogP contribution in [0.5, 0.6) is 0 Å².